The SMILES string of the molecule is C[C@H](N)C(=O)N[C@H]1C[C@@H]2C[C@H](N)[C@@H](CCCB(O)O)[C@@H]2C1. The van der Waals surface area contributed by atoms with Gasteiger partial charge in [0.15, 0.2) is 0 Å². The van der Waals surface area contributed by atoms with Gasteiger partial charge in [0.1, 0.15) is 0 Å². The van der Waals surface area contributed by atoms with E-state index >= 15 is 0 Å². The lowest BCUT2D eigenvalue weighted by molar-refractivity contribution is -0.122. The van der Waals surface area contributed by atoms with E-state index in [-0.39, 0.29) is 18.0 Å². The molecule has 1 amide bonds. The number of nitrogens with one attached hydrogen (secondary N) is 1. The third kappa shape index (κ3) is 4.19. The highest BCUT2D eigenvalue weighted by atomic mass is 16.4. The molecule has 0 heterocycles. The van der Waals surface area contributed by atoms with Crippen LogP contribution in [0.2, 0.25) is 6.32 Å². The van der Waals surface area contributed by atoms with Crippen LogP contribution >= 0.6 is 0 Å². The number of amides is 1. The lowest BCUT2D eigenvalue weighted by Crippen LogP contribution is -2.43. The molecule has 0 radical (unpaired) electrons. The van der Waals surface area contributed by atoms with Crippen LogP contribution in [-0.2, 0) is 4.79 Å². The van der Waals surface area contributed by atoms with E-state index in [1.54, 1.807) is 6.92 Å². The summed E-state index contributed by atoms with van der Waals surface area (Å²) in [6, 6.07) is -0.0348. The molecule has 120 valence electrons. The highest BCUT2D eigenvalue weighted by molar-refractivity contribution is 6.40. The van der Waals surface area contributed by atoms with Gasteiger partial charge in [-0.15, -0.1) is 0 Å². The first-order chi connectivity index (χ1) is 9.88. The van der Waals surface area contributed by atoms with Gasteiger partial charge in [-0.05, 0) is 56.7 Å². The molecule has 6 nitrogen and oxygen atoms in total. The molecule has 0 unspecified atom stereocenters. The van der Waals surface area contributed by atoms with Crippen LogP contribution in [0.15, 0.2) is 0 Å². The van der Waals surface area contributed by atoms with Crippen LogP contribution in [0, 0.1) is 17.8 Å². The third-order valence-electron chi connectivity index (χ3n) is 5.18. The summed E-state index contributed by atoms with van der Waals surface area (Å²) in [6.07, 6.45) is 5.12. The van der Waals surface area contributed by atoms with Gasteiger partial charge in [-0.25, -0.2) is 0 Å². The lowest BCUT2D eigenvalue weighted by Gasteiger charge is -2.23. The fourth-order valence-corrected chi connectivity index (χ4v) is 4.21. The molecular formula is C14H28BN3O3. The molecule has 2 aliphatic carbocycles. The number of fused-ring (bicyclic) bond motifs is 1. The van der Waals surface area contributed by atoms with Crippen molar-refractivity contribution in [3.8, 4) is 0 Å². The van der Waals surface area contributed by atoms with E-state index < -0.39 is 13.2 Å². The molecule has 21 heavy (non-hydrogen) atoms. The second-order valence-corrected chi connectivity index (χ2v) is 6.86. The van der Waals surface area contributed by atoms with Gasteiger partial charge in [-0.3, -0.25) is 4.79 Å². The number of rotatable bonds is 6. The molecule has 2 rings (SSSR count). The van der Waals surface area contributed by atoms with Gasteiger partial charge >= 0.3 is 7.12 Å². The van der Waals surface area contributed by atoms with E-state index in [4.69, 9.17) is 21.5 Å². The largest absolute Gasteiger partial charge is 0.451 e. The number of carbonyl (C=O) groups is 1. The van der Waals surface area contributed by atoms with Crippen molar-refractivity contribution < 1.29 is 14.8 Å². The number of nitrogens with two attached hydrogens (primary N) is 2. The average Bonchev–Trinajstić information content (AvgIpc) is 2.87. The molecule has 0 aromatic rings. The van der Waals surface area contributed by atoms with Gasteiger partial charge in [-0.2, -0.15) is 0 Å². The third-order valence-corrected chi connectivity index (χ3v) is 5.18. The summed E-state index contributed by atoms with van der Waals surface area (Å²) in [4.78, 5) is 11.7. The summed E-state index contributed by atoms with van der Waals surface area (Å²) in [5.41, 5.74) is 11.8. The Bertz CT molecular complexity index is 367. The van der Waals surface area contributed by atoms with Crippen molar-refractivity contribution in [2.24, 2.45) is 29.2 Å². The highest BCUT2D eigenvalue weighted by Crippen LogP contribution is 2.48. The van der Waals surface area contributed by atoms with E-state index in [0.717, 1.165) is 32.1 Å². The Labute approximate surface area is 126 Å². The fraction of sp³-hybridized carbons (Fsp3) is 0.929. The van der Waals surface area contributed by atoms with Crippen molar-refractivity contribution in [1.82, 2.24) is 5.32 Å². The van der Waals surface area contributed by atoms with Crippen molar-refractivity contribution in [3.63, 3.8) is 0 Å². The summed E-state index contributed by atoms with van der Waals surface area (Å²) in [5.74, 6) is 1.49. The van der Waals surface area contributed by atoms with Gasteiger partial charge in [0.25, 0.3) is 0 Å². The fourth-order valence-electron chi connectivity index (χ4n) is 4.21. The van der Waals surface area contributed by atoms with Crippen LogP contribution < -0.4 is 16.8 Å². The summed E-state index contributed by atoms with van der Waals surface area (Å²) in [6.45, 7) is 1.70. The normalized spacial score (nSPS) is 36.3. The molecular weight excluding hydrogens is 269 g/mol. The molecule has 0 aromatic carbocycles. The molecule has 0 bridgehead atoms. The van der Waals surface area contributed by atoms with E-state index in [1.807, 2.05) is 0 Å². The second-order valence-electron chi connectivity index (χ2n) is 6.86. The van der Waals surface area contributed by atoms with Crippen LogP contribution in [0.5, 0.6) is 0 Å². The molecule has 2 aliphatic rings. The Kier molecular flexibility index (Phi) is 5.65. The second kappa shape index (κ2) is 7.09. The van der Waals surface area contributed by atoms with Gasteiger partial charge in [0.2, 0.25) is 5.91 Å². The number of hydrogen-bond acceptors (Lipinski definition) is 5. The van der Waals surface area contributed by atoms with Crippen molar-refractivity contribution in [2.45, 2.75) is 63.5 Å². The van der Waals surface area contributed by atoms with Crippen LogP contribution in [0.1, 0.15) is 39.0 Å². The zero-order chi connectivity index (χ0) is 15.6. The Morgan fingerprint density at radius 2 is 2.10 bits per heavy atom. The topological polar surface area (TPSA) is 122 Å². The smallest absolute Gasteiger partial charge is 0.427 e. The minimum atomic E-state index is -1.22. The van der Waals surface area contributed by atoms with Crippen LogP contribution in [0.25, 0.3) is 0 Å². The van der Waals surface area contributed by atoms with E-state index in [1.165, 1.54) is 0 Å². The van der Waals surface area contributed by atoms with Crippen LogP contribution in [0.4, 0.5) is 0 Å². The van der Waals surface area contributed by atoms with Crippen molar-refractivity contribution >= 4 is 13.0 Å². The standard InChI is InChI=1S/C14H28BN3O3/c1-8(16)14(19)18-10-5-9-6-13(17)11(12(9)7-10)3-2-4-15(20)21/h8-13,20-21H,2-7,16-17H2,1H3,(H,18,19)/t8-,9+,10-,11-,12+,13-/m0/s1. The minimum Gasteiger partial charge on any atom is -0.427 e. The van der Waals surface area contributed by atoms with Gasteiger partial charge in [-0.1, -0.05) is 6.42 Å². The maximum Gasteiger partial charge on any atom is 0.451 e. The Morgan fingerprint density at radius 1 is 1.38 bits per heavy atom. The summed E-state index contributed by atoms with van der Waals surface area (Å²) in [7, 11) is -1.22. The maximum absolute atomic E-state index is 11.7. The Hall–Kier alpha value is -0.625. The lowest BCUT2D eigenvalue weighted by atomic mass is 9.79. The Morgan fingerprint density at radius 3 is 2.71 bits per heavy atom. The predicted octanol–water partition coefficient (Wildman–Crippen LogP) is -0.555. The van der Waals surface area contributed by atoms with Crippen LogP contribution in [0.3, 0.4) is 0 Å². The highest BCUT2D eigenvalue weighted by Gasteiger charge is 2.47. The van der Waals surface area contributed by atoms with Crippen molar-refractivity contribution in [1.29, 1.82) is 0 Å². The van der Waals surface area contributed by atoms with Gasteiger partial charge < -0.3 is 26.8 Å². The summed E-state index contributed by atoms with van der Waals surface area (Å²) in [5, 5.41) is 20.9. The molecule has 6 atom stereocenters. The predicted molar refractivity (Wildman–Crippen MR) is 82.1 cm³/mol. The first-order valence-electron chi connectivity index (χ1n) is 8.06. The zero-order valence-corrected chi connectivity index (χ0v) is 12.7. The van der Waals surface area contributed by atoms with Crippen molar-refractivity contribution in [3.05, 3.63) is 0 Å². The first kappa shape index (κ1) is 16.7. The molecule has 7 N–H and O–H groups in total. The van der Waals surface area contributed by atoms with Gasteiger partial charge in [0, 0.05) is 12.1 Å². The average molecular weight is 297 g/mol. The van der Waals surface area contributed by atoms with Crippen LogP contribution in [-0.4, -0.2) is 41.2 Å². The monoisotopic (exact) mass is 297 g/mol. The first-order valence-corrected chi connectivity index (χ1v) is 8.06. The van der Waals surface area contributed by atoms with Gasteiger partial charge in [0.05, 0.1) is 6.04 Å². The van der Waals surface area contributed by atoms with E-state index in [9.17, 15) is 4.79 Å². The van der Waals surface area contributed by atoms with E-state index in [0.29, 0.717) is 24.1 Å². The summed E-state index contributed by atoms with van der Waals surface area (Å²) < 4.78 is 0. The number of hydrogen-bond donors (Lipinski definition) is 5. The Balaban J connectivity index is 1.84. The quantitative estimate of drug-likeness (QED) is 0.421. The molecule has 0 saturated heterocycles. The molecule has 2 saturated carbocycles. The molecule has 7 heteroatoms. The molecule has 2 fully saturated rings. The van der Waals surface area contributed by atoms with Crippen molar-refractivity contribution in [2.75, 3.05) is 0 Å². The summed E-state index contributed by atoms with van der Waals surface area (Å²) >= 11 is 0. The maximum atomic E-state index is 11.7. The molecule has 0 spiro atoms. The zero-order valence-electron chi connectivity index (χ0n) is 12.7. The molecule has 0 aromatic heterocycles. The van der Waals surface area contributed by atoms with E-state index in [2.05, 4.69) is 5.32 Å². The minimum absolute atomic E-state index is 0.0794. The number of carbonyl (C=O) groups excluding carboxylic acids is 1. The molecule has 0 aliphatic heterocycles.